The minimum absolute atomic E-state index is 0.408. The van der Waals surface area contributed by atoms with Crippen LogP contribution in [0.3, 0.4) is 0 Å². The Morgan fingerprint density at radius 2 is 1.94 bits per heavy atom. The second kappa shape index (κ2) is 5.37. The molecule has 94 valence electrons. The second-order valence-corrected chi connectivity index (χ2v) is 4.31. The predicted octanol–water partition coefficient (Wildman–Crippen LogP) is 1.86. The van der Waals surface area contributed by atoms with Crippen molar-refractivity contribution in [3.8, 4) is 11.5 Å². The summed E-state index contributed by atoms with van der Waals surface area (Å²) in [6.45, 7) is 1.78. The Morgan fingerprint density at radius 1 is 1.41 bits per heavy atom. The summed E-state index contributed by atoms with van der Waals surface area (Å²) < 4.78 is 11.0. The van der Waals surface area contributed by atoms with Crippen molar-refractivity contribution >= 4 is 21.9 Å². The molecule has 0 heterocycles. The van der Waals surface area contributed by atoms with Gasteiger partial charge in [0, 0.05) is 11.1 Å². The zero-order valence-corrected chi connectivity index (χ0v) is 11.4. The van der Waals surface area contributed by atoms with Gasteiger partial charge in [0.15, 0.2) is 0 Å². The average Bonchev–Trinajstić information content (AvgIpc) is 2.27. The molecule has 1 atom stereocenters. The highest BCUT2D eigenvalue weighted by Crippen LogP contribution is 2.39. The highest BCUT2D eigenvalue weighted by molar-refractivity contribution is 9.10. The van der Waals surface area contributed by atoms with E-state index in [1.807, 2.05) is 0 Å². The molecule has 0 aliphatic heterocycles. The lowest BCUT2D eigenvalue weighted by Gasteiger charge is -2.18. The summed E-state index contributed by atoms with van der Waals surface area (Å²) in [5, 5.41) is 8.94. The zero-order chi connectivity index (χ0) is 13.2. The van der Waals surface area contributed by atoms with Gasteiger partial charge in [-0.05, 0) is 28.9 Å². The molecule has 0 saturated heterocycles. The maximum absolute atomic E-state index is 10.9. The van der Waals surface area contributed by atoms with Crippen LogP contribution in [0.2, 0.25) is 0 Å². The van der Waals surface area contributed by atoms with E-state index < -0.39 is 12.0 Å². The first-order valence-corrected chi connectivity index (χ1v) is 5.62. The van der Waals surface area contributed by atoms with Gasteiger partial charge < -0.3 is 20.3 Å². The van der Waals surface area contributed by atoms with Gasteiger partial charge in [0.25, 0.3) is 0 Å². The lowest BCUT2D eigenvalue weighted by molar-refractivity contribution is -0.138. The van der Waals surface area contributed by atoms with Crippen molar-refractivity contribution in [1.29, 1.82) is 0 Å². The molecule has 0 amide bonds. The van der Waals surface area contributed by atoms with Crippen molar-refractivity contribution in [3.05, 3.63) is 21.7 Å². The molecule has 1 rings (SSSR count). The first-order valence-electron chi connectivity index (χ1n) is 4.83. The fourth-order valence-electron chi connectivity index (χ4n) is 1.65. The molecule has 1 unspecified atom stereocenters. The summed E-state index contributed by atoms with van der Waals surface area (Å²) in [7, 11) is 3.00. The molecule has 0 bridgehead atoms. The maximum atomic E-state index is 10.9. The molecule has 0 spiro atoms. The third kappa shape index (κ3) is 2.53. The number of carbonyl (C=O) groups is 1. The molecule has 1 aromatic rings. The van der Waals surface area contributed by atoms with Gasteiger partial charge >= 0.3 is 5.97 Å². The molecule has 0 fully saturated rings. The van der Waals surface area contributed by atoms with E-state index in [4.69, 9.17) is 20.3 Å². The average molecular weight is 304 g/mol. The van der Waals surface area contributed by atoms with Crippen LogP contribution in [-0.4, -0.2) is 25.3 Å². The number of aliphatic carboxylic acids is 1. The minimum Gasteiger partial charge on any atom is -0.496 e. The third-order valence-electron chi connectivity index (χ3n) is 2.45. The Labute approximate surface area is 108 Å². The summed E-state index contributed by atoms with van der Waals surface area (Å²) in [5.41, 5.74) is 6.71. The molecule has 0 aromatic heterocycles. The van der Waals surface area contributed by atoms with Crippen molar-refractivity contribution in [2.45, 2.75) is 13.0 Å². The number of methoxy groups -OCH3 is 2. The maximum Gasteiger partial charge on any atom is 0.325 e. The van der Waals surface area contributed by atoms with Crippen LogP contribution < -0.4 is 15.2 Å². The van der Waals surface area contributed by atoms with Gasteiger partial charge in [-0.3, -0.25) is 4.79 Å². The minimum atomic E-state index is -1.13. The number of carboxylic acids is 1. The van der Waals surface area contributed by atoms with Crippen LogP contribution >= 0.6 is 15.9 Å². The number of rotatable bonds is 4. The monoisotopic (exact) mass is 303 g/mol. The Morgan fingerprint density at radius 3 is 2.35 bits per heavy atom. The van der Waals surface area contributed by atoms with Crippen molar-refractivity contribution in [2.75, 3.05) is 14.2 Å². The summed E-state index contributed by atoms with van der Waals surface area (Å²) in [6.07, 6.45) is 0. The SMILES string of the molecule is COc1c(Br)cc(C(N)C(=O)O)c(OC)c1C. The lowest BCUT2D eigenvalue weighted by Crippen LogP contribution is -2.21. The van der Waals surface area contributed by atoms with E-state index in [0.717, 1.165) is 0 Å². The molecular weight excluding hydrogens is 290 g/mol. The summed E-state index contributed by atoms with van der Waals surface area (Å²) >= 11 is 3.31. The van der Waals surface area contributed by atoms with Gasteiger partial charge in [0.05, 0.1) is 18.7 Å². The van der Waals surface area contributed by atoms with Crippen LogP contribution in [0.1, 0.15) is 17.2 Å². The summed E-state index contributed by atoms with van der Waals surface area (Å²) in [5.74, 6) is -0.0806. The number of nitrogens with two attached hydrogens (primary N) is 1. The quantitative estimate of drug-likeness (QED) is 0.887. The lowest BCUT2D eigenvalue weighted by atomic mass is 10.0. The molecule has 1 aromatic carbocycles. The van der Waals surface area contributed by atoms with E-state index in [0.29, 0.717) is 27.1 Å². The second-order valence-electron chi connectivity index (χ2n) is 3.46. The Hall–Kier alpha value is -1.27. The van der Waals surface area contributed by atoms with E-state index in [1.165, 1.54) is 14.2 Å². The third-order valence-corrected chi connectivity index (χ3v) is 3.04. The first kappa shape index (κ1) is 13.8. The topological polar surface area (TPSA) is 81.8 Å². The van der Waals surface area contributed by atoms with E-state index in [-0.39, 0.29) is 0 Å². The van der Waals surface area contributed by atoms with Crippen LogP contribution in [0.25, 0.3) is 0 Å². The van der Waals surface area contributed by atoms with Gasteiger partial charge in [-0.25, -0.2) is 0 Å². The molecular formula is C11H14BrNO4. The van der Waals surface area contributed by atoms with Crippen LogP contribution in [0.5, 0.6) is 11.5 Å². The van der Waals surface area contributed by atoms with Crippen molar-refractivity contribution in [3.63, 3.8) is 0 Å². The fourth-order valence-corrected chi connectivity index (χ4v) is 2.36. The van der Waals surface area contributed by atoms with Crippen molar-refractivity contribution < 1.29 is 19.4 Å². The molecule has 17 heavy (non-hydrogen) atoms. The molecule has 0 aliphatic carbocycles. The number of ether oxygens (including phenoxy) is 2. The van der Waals surface area contributed by atoms with E-state index >= 15 is 0 Å². The molecule has 0 aliphatic rings. The number of halogens is 1. The van der Waals surface area contributed by atoms with Gasteiger partial charge in [-0.15, -0.1) is 0 Å². The smallest absolute Gasteiger partial charge is 0.325 e. The Kier molecular flexibility index (Phi) is 4.36. The van der Waals surface area contributed by atoms with Gasteiger partial charge in [-0.2, -0.15) is 0 Å². The zero-order valence-electron chi connectivity index (χ0n) is 9.78. The van der Waals surface area contributed by atoms with Crippen molar-refractivity contribution in [2.24, 2.45) is 5.73 Å². The largest absolute Gasteiger partial charge is 0.496 e. The Bertz CT molecular complexity index is 448. The molecule has 0 saturated carbocycles. The van der Waals surface area contributed by atoms with E-state index in [9.17, 15) is 4.79 Å². The summed E-state index contributed by atoms with van der Waals surface area (Å²) in [6, 6.07) is 0.467. The van der Waals surface area contributed by atoms with E-state index in [1.54, 1.807) is 13.0 Å². The molecule has 0 radical (unpaired) electrons. The number of hydrogen-bond donors (Lipinski definition) is 2. The number of carboxylic acid groups (broad SMARTS) is 1. The number of hydrogen-bond acceptors (Lipinski definition) is 4. The standard InChI is InChI=1S/C11H14BrNO4/c1-5-9(16-2)6(8(13)11(14)15)4-7(12)10(5)17-3/h4,8H,13H2,1-3H3,(H,14,15). The molecule has 6 heteroatoms. The van der Waals surface area contributed by atoms with Gasteiger partial charge in [0.2, 0.25) is 0 Å². The highest BCUT2D eigenvalue weighted by atomic mass is 79.9. The van der Waals surface area contributed by atoms with Crippen LogP contribution in [0, 0.1) is 6.92 Å². The predicted molar refractivity (Wildman–Crippen MR) is 66.5 cm³/mol. The van der Waals surface area contributed by atoms with Gasteiger partial charge in [-0.1, -0.05) is 0 Å². The first-order chi connectivity index (χ1) is 7.93. The fraction of sp³-hybridized carbons (Fsp3) is 0.364. The molecule has 5 nitrogen and oxygen atoms in total. The number of benzene rings is 1. The van der Waals surface area contributed by atoms with Crippen LogP contribution in [-0.2, 0) is 4.79 Å². The van der Waals surface area contributed by atoms with Crippen LogP contribution in [0.4, 0.5) is 0 Å². The Balaban J connectivity index is 3.46. The van der Waals surface area contributed by atoms with E-state index in [2.05, 4.69) is 15.9 Å². The molecule has 3 N–H and O–H groups in total. The van der Waals surface area contributed by atoms with Crippen molar-refractivity contribution in [1.82, 2.24) is 0 Å². The van der Waals surface area contributed by atoms with Gasteiger partial charge in [0.1, 0.15) is 17.5 Å². The highest BCUT2D eigenvalue weighted by Gasteiger charge is 2.23. The van der Waals surface area contributed by atoms with Crippen LogP contribution in [0.15, 0.2) is 10.5 Å². The summed E-state index contributed by atoms with van der Waals surface area (Å²) in [4.78, 5) is 10.9. The normalized spacial score (nSPS) is 12.1.